The number of rotatable bonds is 5. The Kier molecular flexibility index (Phi) is 6.42. The minimum absolute atomic E-state index is 0.0101. The van der Waals surface area contributed by atoms with E-state index in [0.717, 1.165) is 44.5 Å². The van der Waals surface area contributed by atoms with Gasteiger partial charge in [0.25, 0.3) is 0 Å². The molecule has 0 unspecified atom stereocenters. The second-order valence-electron chi connectivity index (χ2n) is 6.86. The SMILES string of the molecule is O=C(CN1CCC(NC(=O)C2CCOCC2)CC1)Nc1ccccc1. The molecule has 0 aromatic heterocycles. The fourth-order valence-electron chi connectivity index (χ4n) is 3.44. The van der Waals surface area contributed by atoms with Gasteiger partial charge in [-0.25, -0.2) is 0 Å². The fraction of sp³-hybridized carbons (Fsp3) is 0.579. The Labute approximate surface area is 148 Å². The number of amides is 2. The van der Waals surface area contributed by atoms with Gasteiger partial charge in [-0.2, -0.15) is 0 Å². The van der Waals surface area contributed by atoms with E-state index in [0.29, 0.717) is 19.8 Å². The van der Waals surface area contributed by atoms with Crippen LogP contribution in [-0.4, -0.2) is 55.6 Å². The molecule has 0 saturated carbocycles. The summed E-state index contributed by atoms with van der Waals surface area (Å²) < 4.78 is 5.31. The number of carbonyl (C=O) groups excluding carboxylic acids is 2. The van der Waals surface area contributed by atoms with Gasteiger partial charge in [-0.05, 0) is 37.8 Å². The number of ether oxygens (including phenoxy) is 1. The van der Waals surface area contributed by atoms with E-state index in [9.17, 15) is 9.59 Å². The van der Waals surface area contributed by atoms with Crippen LogP contribution < -0.4 is 10.6 Å². The smallest absolute Gasteiger partial charge is 0.238 e. The van der Waals surface area contributed by atoms with Gasteiger partial charge in [0.1, 0.15) is 0 Å². The number of benzene rings is 1. The molecule has 0 bridgehead atoms. The van der Waals surface area contributed by atoms with E-state index in [4.69, 9.17) is 4.74 Å². The van der Waals surface area contributed by atoms with Gasteiger partial charge in [-0.15, -0.1) is 0 Å². The van der Waals surface area contributed by atoms with Crippen molar-refractivity contribution < 1.29 is 14.3 Å². The van der Waals surface area contributed by atoms with Crippen LogP contribution in [0, 0.1) is 5.92 Å². The van der Waals surface area contributed by atoms with E-state index in [2.05, 4.69) is 15.5 Å². The molecule has 0 aliphatic carbocycles. The second-order valence-corrected chi connectivity index (χ2v) is 6.86. The average Bonchev–Trinajstić information content (AvgIpc) is 2.65. The Morgan fingerprint density at radius 1 is 1.04 bits per heavy atom. The maximum absolute atomic E-state index is 12.3. The summed E-state index contributed by atoms with van der Waals surface area (Å²) in [7, 11) is 0. The van der Waals surface area contributed by atoms with Gasteiger partial charge in [0.15, 0.2) is 0 Å². The predicted octanol–water partition coefficient (Wildman–Crippen LogP) is 1.63. The predicted molar refractivity (Wildman–Crippen MR) is 96.2 cm³/mol. The van der Waals surface area contributed by atoms with Crippen molar-refractivity contribution in [2.45, 2.75) is 31.7 Å². The topological polar surface area (TPSA) is 70.7 Å². The molecule has 2 N–H and O–H groups in total. The summed E-state index contributed by atoms with van der Waals surface area (Å²) in [5, 5.41) is 6.09. The number of carbonyl (C=O) groups is 2. The van der Waals surface area contributed by atoms with Crippen molar-refractivity contribution >= 4 is 17.5 Å². The third-order valence-corrected chi connectivity index (χ3v) is 4.95. The van der Waals surface area contributed by atoms with Crippen molar-refractivity contribution in [2.75, 3.05) is 38.2 Å². The van der Waals surface area contributed by atoms with E-state index in [1.54, 1.807) is 0 Å². The van der Waals surface area contributed by atoms with Crippen molar-refractivity contribution in [3.8, 4) is 0 Å². The third-order valence-electron chi connectivity index (χ3n) is 4.95. The Balaban J connectivity index is 1.36. The first-order valence-electron chi connectivity index (χ1n) is 9.16. The van der Waals surface area contributed by atoms with Gasteiger partial charge in [0.05, 0.1) is 6.54 Å². The summed E-state index contributed by atoms with van der Waals surface area (Å²) in [6.07, 6.45) is 3.44. The molecule has 2 fully saturated rings. The van der Waals surface area contributed by atoms with Crippen LogP contribution in [0.1, 0.15) is 25.7 Å². The molecule has 2 amide bonds. The zero-order chi connectivity index (χ0) is 17.5. The van der Waals surface area contributed by atoms with Crippen LogP contribution in [0.5, 0.6) is 0 Å². The van der Waals surface area contributed by atoms with Crippen molar-refractivity contribution in [3.63, 3.8) is 0 Å². The highest BCUT2D eigenvalue weighted by Crippen LogP contribution is 2.17. The number of nitrogens with zero attached hydrogens (tertiary/aromatic N) is 1. The molecule has 25 heavy (non-hydrogen) atoms. The molecule has 0 radical (unpaired) electrons. The highest BCUT2D eigenvalue weighted by atomic mass is 16.5. The van der Waals surface area contributed by atoms with Gasteiger partial charge in [0, 0.05) is 44.0 Å². The maximum atomic E-state index is 12.3. The number of piperidine rings is 1. The molecular formula is C19H27N3O3. The number of anilines is 1. The Bertz CT molecular complexity index is 565. The van der Waals surface area contributed by atoms with E-state index < -0.39 is 0 Å². The summed E-state index contributed by atoms with van der Waals surface area (Å²) in [4.78, 5) is 26.5. The molecule has 1 aromatic rings. The minimum atomic E-state index is 0.0101. The maximum Gasteiger partial charge on any atom is 0.238 e. The molecule has 3 rings (SSSR count). The van der Waals surface area contributed by atoms with Crippen LogP contribution in [0.4, 0.5) is 5.69 Å². The number of hydrogen-bond acceptors (Lipinski definition) is 4. The second kappa shape index (κ2) is 8.97. The van der Waals surface area contributed by atoms with Crippen LogP contribution in [0.2, 0.25) is 0 Å². The van der Waals surface area contributed by atoms with Gasteiger partial charge in [0.2, 0.25) is 11.8 Å². The summed E-state index contributed by atoms with van der Waals surface area (Å²) in [6, 6.07) is 9.73. The highest BCUT2D eigenvalue weighted by molar-refractivity contribution is 5.92. The van der Waals surface area contributed by atoms with Crippen molar-refractivity contribution in [3.05, 3.63) is 30.3 Å². The first-order valence-corrected chi connectivity index (χ1v) is 9.16. The Morgan fingerprint density at radius 3 is 2.40 bits per heavy atom. The summed E-state index contributed by atoms with van der Waals surface area (Å²) in [5.74, 6) is 0.280. The van der Waals surface area contributed by atoms with Gasteiger partial charge in [-0.3, -0.25) is 14.5 Å². The molecule has 2 aliphatic rings. The molecule has 6 heteroatoms. The van der Waals surface area contributed by atoms with Crippen molar-refractivity contribution in [1.29, 1.82) is 0 Å². The molecule has 2 aliphatic heterocycles. The van der Waals surface area contributed by atoms with Gasteiger partial charge >= 0.3 is 0 Å². The number of nitrogens with one attached hydrogen (secondary N) is 2. The van der Waals surface area contributed by atoms with E-state index in [1.165, 1.54) is 0 Å². The van der Waals surface area contributed by atoms with Crippen LogP contribution >= 0.6 is 0 Å². The van der Waals surface area contributed by atoms with E-state index >= 15 is 0 Å². The summed E-state index contributed by atoms with van der Waals surface area (Å²) >= 11 is 0. The van der Waals surface area contributed by atoms with E-state index in [1.807, 2.05) is 30.3 Å². The van der Waals surface area contributed by atoms with E-state index in [-0.39, 0.29) is 23.8 Å². The molecule has 0 atom stereocenters. The van der Waals surface area contributed by atoms with Crippen LogP contribution in [0.25, 0.3) is 0 Å². The molecule has 0 spiro atoms. The lowest BCUT2D eigenvalue weighted by molar-refractivity contribution is -0.129. The lowest BCUT2D eigenvalue weighted by Gasteiger charge is -2.33. The standard InChI is InChI=1S/C19H27N3O3/c23-18(20-16-4-2-1-3-5-16)14-22-10-6-17(7-11-22)21-19(24)15-8-12-25-13-9-15/h1-5,15,17H,6-14H2,(H,20,23)(H,21,24). The third kappa shape index (κ3) is 5.54. The highest BCUT2D eigenvalue weighted by Gasteiger charge is 2.26. The molecule has 136 valence electrons. The Morgan fingerprint density at radius 2 is 1.72 bits per heavy atom. The first-order chi connectivity index (χ1) is 12.2. The van der Waals surface area contributed by atoms with Crippen LogP contribution in [-0.2, 0) is 14.3 Å². The normalized spacial score (nSPS) is 20.2. The number of hydrogen-bond donors (Lipinski definition) is 2. The van der Waals surface area contributed by atoms with Crippen LogP contribution in [0.15, 0.2) is 30.3 Å². The average molecular weight is 345 g/mol. The van der Waals surface area contributed by atoms with Crippen LogP contribution in [0.3, 0.4) is 0 Å². The molecule has 2 heterocycles. The van der Waals surface area contributed by atoms with Gasteiger partial charge in [-0.1, -0.05) is 18.2 Å². The lowest BCUT2D eigenvalue weighted by Crippen LogP contribution is -2.48. The Hall–Kier alpha value is -1.92. The number of likely N-dealkylation sites (tertiary alicyclic amines) is 1. The zero-order valence-corrected chi connectivity index (χ0v) is 14.6. The fourth-order valence-corrected chi connectivity index (χ4v) is 3.44. The van der Waals surface area contributed by atoms with Gasteiger partial charge < -0.3 is 15.4 Å². The minimum Gasteiger partial charge on any atom is -0.381 e. The molecule has 1 aromatic carbocycles. The molecular weight excluding hydrogens is 318 g/mol. The summed E-state index contributed by atoms with van der Waals surface area (Å²) in [5.41, 5.74) is 0.825. The zero-order valence-electron chi connectivity index (χ0n) is 14.6. The van der Waals surface area contributed by atoms with Crippen molar-refractivity contribution in [2.24, 2.45) is 5.92 Å². The molecule has 6 nitrogen and oxygen atoms in total. The van der Waals surface area contributed by atoms with Crippen molar-refractivity contribution in [1.82, 2.24) is 10.2 Å². The number of para-hydroxylation sites is 1. The monoisotopic (exact) mass is 345 g/mol. The summed E-state index contributed by atoms with van der Waals surface area (Å²) in [6.45, 7) is 3.44. The first kappa shape index (κ1) is 17.9. The lowest BCUT2D eigenvalue weighted by atomic mass is 9.97. The largest absolute Gasteiger partial charge is 0.381 e. The quantitative estimate of drug-likeness (QED) is 0.851. The molecule has 2 saturated heterocycles.